The lowest BCUT2D eigenvalue weighted by atomic mass is 9.77. The Bertz CT molecular complexity index is 1280. The minimum absolute atomic E-state index is 0.0476. The standard InChI is InChI=1S/C29H26F4O3/c1-2-16-3-5-17(6-4-16)21-12-14-23(28(33)26(21)31)29(34)36-19-9-7-18(8-10-19)20-11-13-22(24-15-35-24)27(32)25(20)30/h7-14,16-17,24H,2-6,15H2,1H3. The lowest BCUT2D eigenvalue weighted by Gasteiger charge is -2.28. The van der Waals surface area contributed by atoms with E-state index in [2.05, 4.69) is 6.92 Å². The van der Waals surface area contributed by atoms with Crippen LogP contribution in [0.4, 0.5) is 17.6 Å². The Hall–Kier alpha value is -3.19. The molecular formula is C29H26F4O3. The molecule has 2 fully saturated rings. The molecule has 2 aliphatic rings. The Kier molecular flexibility index (Phi) is 6.84. The van der Waals surface area contributed by atoms with E-state index in [4.69, 9.17) is 9.47 Å². The zero-order valence-electron chi connectivity index (χ0n) is 19.8. The van der Waals surface area contributed by atoms with Crippen LogP contribution in [0.5, 0.6) is 5.75 Å². The molecule has 0 amide bonds. The van der Waals surface area contributed by atoms with Gasteiger partial charge in [-0.2, -0.15) is 0 Å². The minimum atomic E-state index is -1.22. The summed E-state index contributed by atoms with van der Waals surface area (Å²) in [6.45, 7) is 2.50. The fraction of sp³-hybridized carbons (Fsp3) is 0.345. The van der Waals surface area contributed by atoms with Crippen LogP contribution in [-0.2, 0) is 4.74 Å². The van der Waals surface area contributed by atoms with Gasteiger partial charge in [0.25, 0.3) is 0 Å². The lowest BCUT2D eigenvalue weighted by Crippen LogP contribution is -2.16. The first-order valence-electron chi connectivity index (χ1n) is 12.3. The molecule has 0 bridgehead atoms. The van der Waals surface area contributed by atoms with E-state index in [1.807, 2.05) is 0 Å². The van der Waals surface area contributed by atoms with Crippen LogP contribution in [0, 0.1) is 29.2 Å². The third-order valence-electron chi connectivity index (χ3n) is 7.36. The molecule has 7 heteroatoms. The summed E-state index contributed by atoms with van der Waals surface area (Å²) in [7, 11) is 0. The number of hydrogen-bond acceptors (Lipinski definition) is 3. The number of epoxide rings is 1. The van der Waals surface area contributed by atoms with Gasteiger partial charge in [-0.3, -0.25) is 0 Å². The van der Waals surface area contributed by atoms with Crippen LogP contribution in [0.2, 0.25) is 0 Å². The second-order valence-electron chi connectivity index (χ2n) is 9.52. The van der Waals surface area contributed by atoms with Crippen molar-refractivity contribution in [1.82, 2.24) is 0 Å². The van der Waals surface area contributed by atoms with Gasteiger partial charge in [-0.15, -0.1) is 0 Å². The first-order chi connectivity index (χ1) is 17.4. The number of halogens is 4. The second kappa shape index (κ2) is 10.1. The summed E-state index contributed by atoms with van der Waals surface area (Å²) in [5, 5.41) is 0. The summed E-state index contributed by atoms with van der Waals surface area (Å²) < 4.78 is 68.8. The summed E-state index contributed by atoms with van der Waals surface area (Å²) >= 11 is 0. The number of esters is 1. The van der Waals surface area contributed by atoms with Gasteiger partial charge in [-0.1, -0.05) is 43.7 Å². The van der Waals surface area contributed by atoms with Gasteiger partial charge in [0.1, 0.15) is 11.9 Å². The molecule has 0 radical (unpaired) electrons. The van der Waals surface area contributed by atoms with Gasteiger partial charge in [-0.25, -0.2) is 22.4 Å². The smallest absolute Gasteiger partial charge is 0.346 e. The predicted molar refractivity (Wildman–Crippen MR) is 127 cm³/mol. The van der Waals surface area contributed by atoms with Gasteiger partial charge in [0.05, 0.1) is 12.2 Å². The summed E-state index contributed by atoms with van der Waals surface area (Å²) in [6, 6.07) is 11.4. The number of hydrogen-bond donors (Lipinski definition) is 0. The van der Waals surface area contributed by atoms with Gasteiger partial charge in [-0.05, 0) is 66.8 Å². The molecule has 0 aromatic heterocycles. The van der Waals surface area contributed by atoms with E-state index in [-0.39, 0.29) is 22.8 Å². The number of carbonyl (C=O) groups excluding carboxylic acids is 1. The van der Waals surface area contributed by atoms with Crippen LogP contribution >= 0.6 is 0 Å². The summed E-state index contributed by atoms with van der Waals surface area (Å²) in [6.07, 6.45) is 4.24. The molecule has 1 atom stereocenters. The zero-order chi connectivity index (χ0) is 25.4. The van der Waals surface area contributed by atoms with E-state index in [0.29, 0.717) is 23.7 Å². The van der Waals surface area contributed by atoms with Crippen LogP contribution < -0.4 is 4.74 Å². The molecule has 1 saturated carbocycles. The summed E-state index contributed by atoms with van der Waals surface area (Å²) in [5.41, 5.74) is 0.404. The quantitative estimate of drug-likeness (QED) is 0.150. The fourth-order valence-corrected chi connectivity index (χ4v) is 5.05. The van der Waals surface area contributed by atoms with E-state index >= 15 is 0 Å². The van der Waals surface area contributed by atoms with Gasteiger partial charge >= 0.3 is 5.97 Å². The highest BCUT2D eigenvalue weighted by molar-refractivity contribution is 5.91. The van der Waals surface area contributed by atoms with Crippen molar-refractivity contribution in [2.45, 2.75) is 51.0 Å². The third-order valence-corrected chi connectivity index (χ3v) is 7.36. The topological polar surface area (TPSA) is 38.8 Å². The molecule has 36 heavy (non-hydrogen) atoms. The van der Waals surface area contributed by atoms with Crippen LogP contribution in [0.3, 0.4) is 0 Å². The Morgan fingerprint density at radius 3 is 2.11 bits per heavy atom. The molecule has 3 nitrogen and oxygen atoms in total. The first-order valence-corrected chi connectivity index (χ1v) is 12.3. The third kappa shape index (κ3) is 4.76. The van der Waals surface area contributed by atoms with Crippen molar-refractivity contribution in [3.05, 3.63) is 88.5 Å². The highest BCUT2D eigenvalue weighted by Crippen LogP contribution is 2.39. The predicted octanol–water partition coefficient (Wildman–Crippen LogP) is 7.88. The molecule has 1 saturated heterocycles. The summed E-state index contributed by atoms with van der Waals surface area (Å²) in [4.78, 5) is 12.6. The van der Waals surface area contributed by atoms with Crippen LogP contribution in [-0.4, -0.2) is 12.6 Å². The Labute approximate surface area is 207 Å². The normalized spacial score (nSPS) is 21.3. The molecule has 5 rings (SSSR count). The first kappa shape index (κ1) is 24.5. The molecule has 3 aromatic carbocycles. The van der Waals surface area contributed by atoms with Crippen molar-refractivity contribution < 1.29 is 31.8 Å². The number of ether oxygens (including phenoxy) is 2. The van der Waals surface area contributed by atoms with Crippen molar-refractivity contribution in [1.29, 1.82) is 0 Å². The van der Waals surface area contributed by atoms with Crippen molar-refractivity contribution in [2.75, 3.05) is 6.61 Å². The SMILES string of the molecule is CCC1CCC(c2ccc(C(=O)Oc3ccc(-c4ccc(C5CO5)c(F)c4F)cc3)c(F)c2F)CC1. The van der Waals surface area contributed by atoms with Gasteiger partial charge in [0, 0.05) is 11.1 Å². The lowest BCUT2D eigenvalue weighted by molar-refractivity contribution is 0.0728. The molecule has 3 aromatic rings. The van der Waals surface area contributed by atoms with E-state index in [1.165, 1.54) is 48.5 Å². The molecule has 1 aliphatic heterocycles. The van der Waals surface area contributed by atoms with Gasteiger partial charge in [0.15, 0.2) is 23.3 Å². The van der Waals surface area contributed by atoms with Crippen LogP contribution in [0.15, 0.2) is 48.5 Å². The Morgan fingerprint density at radius 1 is 0.833 bits per heavy atom. The van der Waals surface area contributed by atoms with E-state index in [0.717, 1.165) is 32.1 Å². The maximum Gasteiger partial charge on any atom is 0.346 e. The Balaban J connectivity index is 1.29. The van der Waals surface area contributed by atoms with Crippen molar-refractivity contribution in [3.63, 3.8) is 0 Å². The van der Waals surface area contributed by atoms with Crippen molar-refractivity contribution >= 4 is 5.97 Å². The van der Waals surface area contributed by atoms with E-state index in [9.17, 15) is 22.4 Å². The molecule has 1 unspecified atom stereocenters. The average molecular weight is 499 g/mol. The maximum atomic E-state index is 14.9. The number of benzene rings is 3. The maximum absolute atomic E-state index is 14.9. The second-order valence-corrected chi connectivity index (χ2v) is 9.52. The van der Waals surface area contributed by atoms with E-state index < -0.39 is 40.9 Å². The van der Waals surface area contributed by atoms with Crippen LogP contribution in [0.25, 0.3) is 11.1 Å². The average Bonchev–Trinajstić information content (AvgIpc) is 3.73. The van der Waals surface area contributed by atoms with Crippen molar-refractivity contribution in [3.8, 4) is 16.9 Å². The molecule has 0 N–H and O–H groups in total. The highest BCUT2D eigenvalue weighted by Gasteiger charge is 2.30. The fourth-order valence-electron chi connectivity index (χ4n) is 5.05. The molecule has 188 valence electrons. The molecule has 1 aliphatic carbocycles. The van der Waals surface area contributed by atoms with Crippen LogP contribution in [0.1, 0.15) is 72.5 Å². The Morgan fingerprint density at radius 2 is 1.47 bits per heavy atom. The van der Waals surface area contributed by atoms with Crippen molar-refractivity contribution in [2.24, 2.45) is 5.92 Å². The molecular weight excluding hydrogens is 472 g/mol. The molecule has 1 heterocycles. The summed E-state index contributed by atoms with van der Waals surface area (Å²) in [5.74, 6) is -4.57. The largest absolute Gasteiger partial charge is 0.423 e. The zero-order valence-corrected chi connectivity index (χ0v) is 19.8. The van der Waals surface area contributed by atoms with Gasteiger partial charge in [0.2, 0.25) is 0 Å². The minimum Gasteiger partial charge on any atom is -0.423 e. The monoisotopic (exact) mass is 498 g/mol. The van der Waals surface area contributed by atoms with E-state index in [1.54, 1.807) is 0 Å². The highest BCUT2D eigenvalue weighted by atomic mass is 19.2. The number of rotatable bonds is 6. The number of carbonyl (C=O) groups is 1. The molecule has 0 spiro atoms. The van der Waals surface area contributed by atoms with Gasteiger partial charge < -0.3 is 9.47 Å².